The van der Waals surface area contributed by atoms with Gasteiger partial charge in [-0.3, -0.25) is 0 Å². The highest BCUT2D eigenvalue weighted by Gasteiger charge is 2.26. The predicted octanol–water partition coefficient (Wildman–Crippen LogP) is 4.06. The molecule has 0 spiro atoms. The standard InChI is InChI=1S/C12H23/c1-4-5-9-12-10(2)7-6-8-11(12)3/h5,10-12H,4,6-9H2,1-3H3. The summed E-state index contributed by atoms with van der Waals surface area (Å²) in [5.74, 6) is 2.92. The number of unbranched alkanes of at least 4 members (excludes halogenated alkanes) is 1. The third-order valence-corrected chi connectivity index (χ3v) is 3.51. The zero-order valence-corrected chi connectivity index (χ0v) is 8.84. The Morgan fingerprint density at radius 2 is 1.75 bits per heavy atom. The first-order valence-corrected chi connectivity index (χ1v) is 5.57. The molecule has 0 aromatic rings. The van der Waals surface area contributed by atoms with Gasteiger partial charge in [-0.05, 0) is 30.6 Å². The molecule has 0 amide bonds. The Bertz CT molecular complexity index is 107. The normalized spacial score (nSPS) is 36.8. The summed E-state index contributed by atoms with van der Waals surface area (Å²) in [5, 5.41) is 0. The number of hydrogen-bond donors (Lipinski definition) is 0. The van der Waals surface area contributed by atoms with E-state index in [0.29, 0.717) is 0 Å². The topological polar surface area (TPSA) is 0 Å². The lowest BCUT2D eigenvalue weighted by Crippen LogP contribution is -2.24. The first-order valence-electron chi connectivity index (χ1n) is 5.57. The Kier molecular flexibility index (Phi) is 4.11. The second-order valence-corrected chi connectivity index (χ2v) is 4.48. The molecule has 1 saturated carbocycles. The highest BCUT2D eigenvalue weighted by Crippen LogP contribution is 2.37. The SMILES string of the molecule is CC[CH]CC1C(C)CCCC1C. The van der Waals surface area contributed by atoms with Crippen LogP contribution in [-0.2, 0) is 0 Å². The Hall–Kier alpha value is 0. The van der Waals surface area contributed by atoms with Crippen LogP contribution >= 0.6 is 0 Å². The fourth-order valence-corrected chi connectivity index (χ4v) is 2.57. The van der Waals surface area contributed by atoms with Crippen LogP contribution in [-0.4, -0.2) is 0 Å². The van der Waals surface area contributed by atoms with E-state index in [1.54, 1.807) is 0 Å². The molecule has 2 atom stereocenters. The minimum absolute atomic E-state index is 0.969. The number of hydrogen-bond acceptors (Lipinski definition) is 0. The van der Waals surface area contributed by atoms with Gasteiger partial charge in [-0.25, -0.2) is 0 Å². The van der Waals surface area contributed by atoms with Crippen molar-refractivity contribution >= 4 is 0 Å². The lowest BCUT2D eigenvalue weighted by Gasteiger charge is -2.34. The lowest BCUT2D eigenvalue weighted by atomic mass is 9.71. The molecule has 71 valence electrons. The summed E-state index contributed by atoms with van der Waals surface area (Å²) < 4.78 is 0. The van der Waals surface area contributed by atoms with Gasteiger partial charge < -0.3 is 0 Å². The van der Waals surface area contributed by atoms with Crippen molar-refractivity contribution in [1.82, 2.24) is 0 Å². The molecule has 0 aromatic heterocycles. The molecule has 0 heterocycles. The average molecular weight is 167 g/mol. The molecule has 1 fully saturated rings. The van der Waals surface area contributed by atoms with E-state index in [1.807, 2.05) is 0 Å². The van der Waals surface area contributed by atoms with Crippen LogP contribution in [0.4, 0.5) is 0 Å². The molecular weight excluding hydrogens is 144 g/mol. The Morgan fingerprint density at radius 1 is 1.17 bits per heavy atom. The second kappa shape index (κ2) is 4.89. The first-order chi connectivity index (χ1) is 5.75. The Morgan fingerprint density at radius 3 is 2.25 bits per heavy atom. The van der Waals surface area contributed by atoms with E-state index < -0.39 is 0 Å². The van der Waals surface area contributed by atoms with Crippen molar-refractivity contribution in [3.8, 4) is 0 Å². The van der Waals surface area contributed by atoms with Crippen LogP contribution in [0, 0.1) is 24.2 Å². The van der Waals surface area contributed by atoms with Gasteiger partial charge >= 0.3 is 0 Å². The van der Waals surface area contributed by atoms with Crippen LogP contribution in [0.2, 0.25) is 0 Å². The van der Waals surface area contributed by atoms with E-state index in [1.165, 1.54) is 32.1 Å². The molecule has 0 bridgehead atoms. The molecule has 0 aromatic carbocycles. The fraction of sp³-hybridized carbons (Fsp3) is 0.917. The van der Waals surface area contributed by atoms with Gasteiger partial charge in [0.2, 0.25) is 0 Å². The second-order valence-electron chi connectivity index (χ2n) is 4.48. The van der Waals surface area contributed by atoms with Gasteiger partial charge in [-0.1, -0.05) is 46.5 Å². The van der Waals surface area contributed by atoms with Gasteiger partial charge in [-0.15, -0.1) is 0 Å². The first kappa shape index (κ1) is 10.1. The minimum Gasteiger partial charge on any atom is -0.0651 e. The maximum Gasteiger partial charge on any atom is -0.0360 e. The van der Waals surface area contributed by atoms with E-state index in [-0.39, 0.29) is 0 Å². The van der Waals surface area contributed by atoms with E-state index in [2.05, 4.69) is 27.2 Å². The molecule has 12 heavy (non-hydrogen) atoms. The minimum atomic E-state index is 0.969. The Balaban J connectivity index is 2.34. The summed E-state index contributed by atoms with van der Waals surface area (Å²) in [6, 6.07) is 0. The summed E-state index contributed by atoms with van der Waals surface area (Å²) in [6.07, 6.45) is 9.46. The van der Waals surface area contributed by atoms with E-state index in [4.69, 9.17) is 0 Å². The van der Waals surface area contributed by atoms with Crippen LogP contribution < -0.4 is 0 Å². The molecule has 0 aliphatic heterocycles. The molecule has 0 nitrogen and oxygen atoms in total. The Labute approximate surface area is 77.7 Å². The van der Waals surface area contributed by atoms with Gasteiger partial charge in [0, 0.05) is 0 Å². The average Bonchev–Trinajstić information content (AvgIpc) is 2.04. The largest absolute Gasteiger partial charge is 0.0651 e. The highest BCUT2D eigenvalue weighted by molar-refractivity contribution is 4.81. The molecule has 0 heteroatoms. The summed E-state index contributed by atoms with van der Waals surface area (Å²) >= 11 is 0. The van der Waals surface area contributed by atoms with E-state index >= 15 is 0 Å². The van der Waals surface area contributed by atoms with Crippen molar-refractivity contribution in [1.29, 1.82) is 0 Å². The van der Waals surface area contributed by atoms with E-state index in [0.717, 1.165) is 17.8 Å². The van der Waals surface area contributed by atoms with Gasteiger partial charge in [-0.2, -0.15) is 0 Å². The van der Waals surface area contributed by atoms with Gasteiger partial charge in [0.05, 0.1) is 0 Å². The van der Waals surface area contributed by atoms with Crippen molar-refractivity contribution in [2.45, 2.75) is 52.9 Å². The van der Waals surface area contributed by atoms with Crippen LogP contribution in [0.25, 0.3) is 0 Å². The fourth-order valence-electron chi connectivity index (χ4n) is 2.57. The van der Waals surface area contributed by atoms with E-state index in [9.17, 15) is 0 Å². The quantitative estimate of drug-likeness (QED) is 0.594. The molecule has 0 saturated heterocycles. The highest BCUT2D eigenvalue weighted by atomic mass is 14.3. The number of rotatable bonds is 3. The van der Waals surface area contributed by atoms with Crippen molar-refractivity contribution in [3.63, 3.8) is 0 Å². The van der Waals surface area contributed by atoms with Gasteiger partial charge in [0.25, 0.3) is 0 Å². The smallest absolute Gasteiger partial charge is 0.0360 e. The maximum atomic E-state index is 2.46. The zero-order valence-electron chi connectivity index (χ0n) is 8.84. The zero-order chi connectivity index (χ0) is 8.97. The summed E-state index contributed by atoms with van der Waals surface area (Å²) in [4.78, 5) is 0. The van der Waals surface area contributed by atoms with Crippen molar-refractivity contribution in [2.75, 3.05) is 0 Å². The van der Waals surface area contributed by atoms with Crippen LogP contribution in [0.3, 0.4) is 0 Å². The predicted molar refractivity (Wildman–Crippen MR) is 54.9 cm³/mol. The summed E-state index contributed by atoms with van der Waals surface area (Å²) in [6.45, 7) is 7.12. The van der Waals surface area contributed by atoms with Gasteiger partial charge in [0.1, 0.15) is 0 Å². The monoisotopic (exact) mass is 167 g/mol. The molecule has 1 aliphatic rings. The summed E-state index contributed by atoms with van der Waals surface area (Å²) in [5.41, 5.74) is 0. The molecule has 1 aliphatic carbocycles. The van der Waals surface area contributed by atoms with Crippen molar-refractivity contribution in [2.24, 2.45) is 17.8 Å². The van der Waals surface area contributed by atoms with Crippen molar-refractivity contribution < 1.29 is 0 Å². The summed E-state index contributed by atoms with van der Waals surface area (Å²) in [7, 11) is 0. The van der Waals surface area contributed by atoms with Crippen LogP contribution in [0.5, 0.6) is 0 Å². The molecule has 1 rings (SSSR count). The van der Waals surface area contributed by atoms with Crippen LogP contribution in [0.1, 0.15) is 52.9 Å². The third kappa shape index (κ3) is 2.50. The molecule has 1 radical (unpaired) electrons. The molecular formula is C12H23. The molecule has 0 N–H and O–H groups in total. The molecule has 2 unspecified atom stereocenters. The third-order valence-electron chi connectivity index (χ3n) is 3.51. The maximum absolute atomic E-state index is 2.46. The lowest BCUT2D eigenvalue weighted by molar-refractivity contribution is 0.176. The van der Waals surface area contributed by atoms with Gasteiger partial charge in [0.15, 0.2) is 0 Å². The van der Waals surface area contributed by atoms with Crippen LogP contribution in [0.15, 0.2) is 0 Å². The van der Waals surface area contributed by atoms with Crippen molar-refractivity contribution in [3.05, 3.63) is 6.42 Å².